The molecule has 0 spiro atoms. The lowest BCUT2D eigenvalue weighted by atomic mass is 10.1. The normalized spacial score (nSPS) is 12.2. The Labute approximate surface area is 101 Å². The zero-order valence-electron chi connectivity index (χ0n) is 10.4. The number of carboxylic acid groups (broad SMARTS) is 1. The van der Waals surface area contributed by atoms with Crippen LogP contribution in [0.5, 0.6) is 0 Å². The van der Waals surface area contributed by atoms with Gasteiger partial charge < -0.3 is 10.0 Å². The van der Waals surface area contributed by atoms with Crippen molar-refractivity contribution >= 4 is 11.7 Å². The number of halogens is 1. The van der Waals surface area contributed by atoms with Crippen LogP contribution in [0.15, 0.2) is 18.2 Å². The van der Waals surface area contributed by atoms with Crippen LogP contribution in [0.25, 0.3) is 0 Å². The maximum atomic E-state index is 13.5. The molecule has 1 atom stereocenters. The summed E-state index contributed by atoms with van der Waals surface area (Å²) < 4.78 is 13.5. The third-order valence-corrected chi connectivity index (χ3v) is 2.95. The van der Waals surface area contributed by atoms with E-state index in [9.17, 15) is 9.18 Å². The van der Waals surface area contributed by atoms with Crippen molar-refractivity contribution in [2.24, 2.45) is 0 Å². The van der Waals surface area contributed by atoms with Crippen molar-refractivity contribution in [3.05, 3.63) is 29.6 Å². The average Bonchev–Trinajstić information content (AvgIpc) is 2.27. The lowest BCUT2D eigenvalue weighted by Crippen LogP contribution is -2.30. The van der Waals surface area contributed by atoms with Gasteiger partial charge >= 0.3 is 5.97 Å². The highest BCUT2D eigenvalue weighted by molar-refractivity contribution is 5.94. The summed E-state index contributed by atoms with van der Waals surface area (Å²) >= 11 is 0. The maximum absolute atomic E-state index is 13.5. The number of benzene rings is 1. The number of nitrogens with zero attached hydrogens (tertiary/aromatic N) is 1. The largest absolute Gasteiger partial charge is 0.478 e. The molecule has 0 bridgehead atoms. The summed E-state index contributed by atoms with van der Waals surface area (Å²) in [6, 6.07) is 4.52. The maximum Gasteiger partial charge on any atom is 0.340 e. The van der Waals surface area contributed by atoms with Crippen molar-refractivity contribution in [1.82, 2.24) is 0 Å². The Morgan fingerprint density at radius 2 is 2.18 bits per heavy atom. The molecule has 0 aliphatic heterocycles. The van der Waals surface area contributed by atoms with E-state index in [-0.39, 0.29) is 11.6 Å². The summed E-state index contributed by atoms with van der Waals surface area (Å²) in [7, 11) is 1.79. The zero-order chi connectivity index (χ0) is 13.0. The molecule has 0 heterocycles. The van der Waals surface area contributed by atoms with Gasteiger partial charge in [0, 0.05) is 13.1 Å². The molecule has 17 heavy (non-hydrogen) atoms. The molecule has 1 N–H and O–H groups in total. The van der Waals surface area contributed by atoms with Gasteiger partial charge in [0.1, 0.15) is 11.4 Å². The summed E-state index contributed by atoms with van der Waals surface area (Å²) in [5.74, 6) is -1.92. The lowest BCUT2D eigenvalue weighted by Gasteiger charge is -2.28. The van der Waals surface area contributed by atoms with Crippen molar-refractivity contribution in [1.29, 1.82) is 0 Å². The Kier molecular flexibility index (Phi) is 4.49. The number of carbonyl (C=O) groups is 1. The van der Waals surface area contributed by atoms with Crippen LogP contribution in [0.4, 0.5) is 10.1 Å². The van der Waals surface area contributed by atoms with E-state index in [1.54, 1.807) is 13.1 Å². The summed E-state index contributed by atoms with van der Waals surface area (Å²) in [5.41, 5.74) is 0.177. The minimum atomic E-state index is -1.23. The minimum Gasteiger partial charge on any atom is -0.478 e. The Bertz CT molecular complexity index is 406. The molecule has 0 aliphatic rings. The van der Waals surface area contributed by atoms with Crippen LogP contribution < -0.4 is 4.90 Å². The molecule has 0 radical (unpaired) electrons. The van der Waals surface area contributed by atoms with E-state index in [2.05, 4.69) is 6.92 Å². The van der Waals surface area contributed by atoms with Gasteiger partial charge in [-0.2, -0.15) is 0 Å². The van der Waals surface area contributed by atoms with Crippen LogP contribution >= 0.6 is 0 Å². The number of hydrogen-bond acceptors (Lipinski definition) is 2. The number of rotatable bonds is 5. The topological polar surface area (TPSA) is 40.5 Å². The number of hydrogen-bond donors (Lipinski definition) is 1. The van der Waals surface area contributed by atoms with Gasteiger partial charge in [0.2, 0.25) is 0 Å². The van der Waals surface area contributed by atoms with Crippen LogP contribution in [0.1, 0.15) is 37.0 Å². The molecule has 4 heteroatoms. The zero-order valence-corrected chi connectivity index (χ0v) is 10.4. The monoisotopic (exact) mass is 239 g/mol. The number of anilines is 1. The Hall–Kier alpha value is -1.58. The van der Waals surface area contributed by atoms with Crippen LogP contribution in [-0.4, -0.2) is 24.2 Å². The minimum absolute atomic E-state index is 0.180. The second kappa shape index (κ2) is 5.66. The van der Waals surface area contributed by atoms with Crippen LogP contribution in [0, 0.1) is 5.82 Å². The van der Waals surface area contributed by atoms with Gasteiger partial charge in [-0.25, -0.2) is 9.18 Å². The molecular weight excluding hydrogens is 221 g/mol. The van der Waals surface area contributed by atoms with E-state index in [4.69, 9.17) is 5.11 Å². The molecule has 1 aromatic rings. The molecule has 0 saturated carbocycles. The average molecular weight is 239 g/mol. The predicted octanol–water partition coefficient (Wildman–Crippen LogP) is 3.15. The Morgan fingerprint density at radius 3 is 2.71 bits per heavy atom. The Balaban J connectivity index is 3.13. The molecule has 0 fully saturated rings. The van der Waals surface area contributed by atoms with Crippen molar-refractivity contribution in [2.75, 3.05) is 11.9 Å². The first-order valence-electron chi connectivity index (χ1n) is 5.73. The molecule has 1 unspecified atom stereocenters. The second-order valence-electron chi connectivity index (χ2n) is 4.19. The highest BCUT2D eigenvalue weighted by Gasteiger charge is 2.20. The fraction of sp³-hybridized carbons (Fsp3) is 0.462. The van der Waals surface area contributed by atoms with E-state index in [0.29, 0.717) is 5.69 Å². The standard InChI is InChI=1S/C13H18FNO2/c1-4-6-9(2)15(3)11-8-5-7-10(14)12(11)13(16)17/h5,7-9H,4,6H2,1-3H3,(H,16,17). The number of carboxylic acids is 1. The first-order chi connectivity index (χ1) is 7.99. The second-order valence-corrected chi connectivity index (χ2v) is 4.19. The molecular formula is C13H18FNO2. The summed E-state index contributed by atoms with van der Waals surface area (Å²) in [6.07, 6.45) is 1.94. The first-order valence-corrected chi connectivity index (χ1v) is 5.73. The molecule has 3 nitrogen and oxygen atoms in total. The van der Waals surface area contributed by atoms with E-state index < -0.39 is 11.8 Å². The van der Waals surface area contributed by atoms with Crippen molar-refractivity contribution < 1.29 is 14.3 Å². The van der Waals surface area contributed by atoms with E-state index in [1.807, 2.05) is 11.8 Å². The molecule has 1 rings (SSSR count). The smallest absolute Gasteiger partial charge is 0.340 e. The fourth-order valence-corrected chi connectivity index (χ4v) is 1.87. The summed E-state index contributed by atoms with van der Waals surface area (Å²) in [6.45, 7) is 4.06. The molecule has 0 saturated heterocycles. The van der Waals surface area contributed by atoms with Crippen LogP contribution in [0.2, 0.25) is 0 Å². The molecule has 94 valence electrons. The van der Waals surface area contributed by atoms with Gasteiger partial charge in [-0.3, -0.25) is 0 Å². The van der Waals surface area contributed by atoms with Gasteiger partial charge in [0.15, 0.2) is 0 Å². The van der Waals surface area contributed by atoms with Gasteiger partial charge in [-0.1, -0.05) is 19.4 Å². The van der Waals surface area contributed by atoms with Crippen LogP contribution in [-0.2, 0) is 0 Å². The van der Waals surface area contributed by atoms with Gasteiger partial charge in [0.25, 0.3) is 0 Å². The highest BCUT2D eigenvalue weighted by atomic mass is 19.1. The van der Waals surface area contributed by atoms with Crippen molar-refractivity contribution in [2.45, 2.75) is 32.7 Å². The van der Waals surface area contributed by atoms with E-state index in [1.165, 1.54) is 12.1 Å². The first kappa shape index (κ1) is 13.5. The lowest BCUT2D eigenvalue weighted by molar-refractivity contribution is 0.0692. The van der Waals surface area contributed by atoms with Crippen LogP contribution in [0.3, 0.4) is 0 Å². The van der Waals surface area contributed by atoms with Gasteiger partial charge in [-0.05, 0) is 25.5 Å². The van der Waals surface area contributed by atoms with E-state index in [0.717, 1.165) is 12.8 Å². The number of aromatic carboxylic acids is 1. The summed E-state index contributed by atoms with van der Waals surface area (Å²) in [5, 5.41) is 9.04. The third kappa shape index (κ3) is 2.96. The van der Waals surface area contributed by atoms with Crippen molar-refractivity contribution in [3.63, 3.8) is 0 Å². The fourth-order valence-electron chi connectivity index (χ4n) is 1.87. The van der Waals surface area contributed by atoms with Gasteiger partial charge in [-0.15, -0.1) is 0 Å². The van der Waals surface area contributed by atoms with E-state index >= 15 is 0 Å². The predicted molar refractivity (Wildman–Crippen MR) is 66.1 cm³/mol. The highest BCUT2D eigenvalue weighted by Crippen LogP contribution is 2.24. The van der Waals surface area contributed by atoms with Crippen molar-refractivity contribution in [3.8, 4) is 0 Å². The molecule has 0 aromatic heterocycles. The molecule has 0 amide bonds. The SMILES string of the molecule is CCCC(C)N(C)c1cccc(F)c1C(=O)O. The summed E-state index contributed by atoms with van der Waals surface area (Å²) in [4.78, 5) is 12.9. The quantitative estimate of drug-likeness (QED) is 0.858. The van der Waals surface area contributed by atoms with Gasteiger partial charge in [0.05, 0.1) is 5.69 Å². The molecule has 1 aromatic carbocycles. The third-order valence-electron chi connectivity index (χ3n) is 2.95. The molecule has 0 aliphatic carbocycles. The Morgan fingerprint density at radius 1 is 1.53 bits per heavy atom.